The Hall–Kier alpha value is -1.13. The number of unbranched alkanes of at least 4 members (excludes halogenated alkanes) is 6. The van der Waals surface area contributed by atoms with Crippen molar-refractivity contribution in [2.75, 3.05) is 32.8 Å². The van der Waals surface area contributed by atoms with Crippen LogP contribution in [0.2, 0.25) is 0 Å². The fraction of sp³-hybridized carbons (Fsp3) is 0.750. The number of carbonyl (C=O) groups excluding carboxylic acids is 1. The molecule has 0 fully saturated rings. The lowest BCUT2D eigenvalue weighted by Crippen LogP contribution is -2.36. The molecule has 0 atom stereocenters. The minimum absolute atomic E-state index is 0.0797. The summed E-state index contributed by atoms with van der Waals surface area (Å²) in [5.41, 5.74) is 0. The number of aliphatic hydroxyl groups excluding tert-OH is 1. The molecular formula is C20H38N2O2. The van der Waals surface area contributed by atoms with E-state index in [0.717, 1.165) is 32.4 Å². The number of allylic oxidation sites excluding steroid dienone is 2. The van der Waals surface area contributed by atoms with Gasteiger partial charge in [0.15, 0.2) is 0 Å². The maximum atomic E-state index is 11.7. The summed E-state index contributed by atoms with van der Waals surface area (Å²) in [6.45, 7) is 9.20. The summed E-state index contributed by atoms with van der Waals surface area (Å²) in [5, 5.41) is 12.1. The van der Waals surface area contributed by atoms with Crippen molar-refractivity contribution in [2.45, 2.75) is 64.7 Å². The second kappa shape index (κ2) is 18.2. The maximum Gasteiger partial charge on any atom is 0.223 e. The monoisotopic (exact) mass is 338 g/mol. The number of hydrogen-bond acceptors (Lipinski definition) is 3. The van der Waals surface area contributed by atoms with Crippen LogP contribution in [0.1, 0.15) is 64.7 Å². The first kappa shape index (κ1) is 22.9. The second-order valence-corrected chi connectivity index (χ2v) is 6.22. The Morgan fingerprint density at radius 1 is 1.04 bits per heavy atom. The molecule has 2 N–H and O–H groups in total. The molecule has 0 heterocycles. The Labute approximate surface area is 149 Å². The molecule has 0 aromatic heterocycles. The normalized spacial score (nSPS) is 11.3. The van der Waals surface area contributed by atoms with Gasteiger partial charge in [-0.1, -0.05) is 50.8 Å². The molecule has 0 aliphatic heterocycles. The summed E-state index contributed by atoms with van der Waals surface area (Å²) < 4.78 is 0. The molecule has 4 nitrogen and oxygen atoms in total. The van der Waals surface area contributed by atoms with E-state index in [9.17, 15) is 4.79 Å². The van der Waals surface area contributed by atoms with Gasteiger partial charge in [0.05, 0.1) is 6.61 Å². The lowest BCUT2D eigenvalue weighted by molar-refractivity contribution is -0.120. The average Bonchev–Trinajstić information content (AvgIpc) is 2.57. The van der Waals surface area contributed by atoms with Crippen LogP contribution >= 0.6 is 0 Å². The first-order valence-electron chi connectivity index (χ1n) is 9.60. The Morgan fingerprint density at radius 2 is 1.83 bits per heavy atom. The molecule has 0 aliphatic rings. The van der Waals surface area contributed by atoms with Crippen LogP contribution in [0.5, 0.6) is 0 Å². The predicted molar refractivity (Wildman–Crippen MR) is 103 cm³/mol. The van der Waals surface area contributed by atoms with E-state index in [4.69, 9.17) is 5.11 Å². The smallest absolute Gasteiger partial charge is 0.223 e. The Kier molecular flexibility index (Phi) is 17.4. The van der Waals surface area contributed by atoms with Crippen LogP contribution in [0.15, 0.2) is 24.8 Å². The number of nitrogens with one attached hydrogen (secondary N) is 1. The summed E-state index contributed by atoms with van der Waals surface area (Å²) in [7, 11) is 0. The molecular weight excluding hydrogens is 300 g/mol. The molecule has 0 saturated heterocycles. The summed E-state index contributed by atoms with van der Waals surface area (Å²) in [6.07, 6.45) is 15.8. The fourth-order valence-corrected chi connectivity index (χ4v) is 2.51. The molecule has 1 amide bonds. The van der Waals surface area contributed by atoms with E-state index in [2.05, 4.69) is 29.8 Å². The molecule has 0 saturated carbocycles. The van der Waals surface area contributed by atoms with E-state index in [1.165, 1.54) is 32.1 Å². The van der Waals surface area contributed by atoms with E-state index in [1.54, 1.807) is 0 Å². The van der Waals surface area contributed by atoms with Crippen LogP contribution in [-0.4, -0.2) is 48.7 Å². The second-order valence-electron chi connectivity index (χ2n) is 6.22. The summed E-state index contributed by atoms with van der Waals surface area (Å²) >= 11 is 0. The maximum absolute atomic E-state index is 11.7. The van der Waals surface area contributed by atoms with E-state index < -0.39 is 0 Å². The minimum Gasteiger partial charge on any atom is -0.395 e. The van der Waals surface area contributed by atoms with Gasteiger partial charge in [-0.05, 0) is 32.2 Å². The summed E-state index contributed by atoms with van der Waals surface area (Å²) in [5.74, 6) is 0.0797. The topological polar surface area (TPSA) is 52.6 Å². The van der Waals surface area contributed by atoms with Crippen LogP contribution in [-0.2, 0) is 4.79 Å². The highest BCUT2D eigenvalue weighted by atomic mass is 16.3. The number of nitrogens with zero attached hydrogens (tertiary/aromatic N) is 1. The van der Waals surface area contributed by atoms with E-state index in [0.29, 0.717) is 19.5 Å². The largest absolute Gasteiger partial charge is 0.395 e. The van der Waals surface area contributed by atoms with Gasteiger partial charge in [0, 0.05) is 26.1 Å². The van der Waals surface area contributed by atoms with Gasteiger partial charge >= 0.3 is 0 Å². The van der Waals surface area contributed by atoms with E-state index in [1.807, 2.05) is 12.2 Å². The lowest BCUT2D eigenvalue weighted by Gasteiger charge is -2.21. The van der Waals surface area contributed by atoms with Gasteiger partial charge in [-0.2, -0.15) is 0 Å². The number of carbonyl (C=O) groups is 1. The predicted octanol–water partition coefficient (Wildman–Crippen LogP) is 3.67. The van der Waals surface area contributed by atoms with Crippen molar-refractivity contribution in [3.63, 3.8) is 0 Å². The van der Waals surface area contributed by atoms with Gasteiger partial charge in [-0.25, -0.2) is 0 Å². The number of amides is 1. The zero-order valence-electron chi connectivity index (χ0n) is 15.6. The van der Waals surface area contributed by atoms with Crippen LogP contribution in [0.3, 0.4) is 0 Å². The van der Waals surface area contributed by atoms with Crippen molar-refractivity contribution < 1.29 is 9.90 Å². The van der Waals surface area contributed by atoms with Gasteiger partial charge in [0.25, 0.3) is 0 Å². The molecule has 0 aliphatic carbocycles. The molecule has 24 heavy (non-hydrogen) atoms. The van der Waals surface area contributed by atoms with Crippen LogP contribution in [0.4, 0.5) is 0 Å². The Morgan fingerprint density at radius 3 is 2.54 bits per heavy atom. The van der Waals surface area contributed by atoms with Gasteiger partial charge in [-0.3, -0.25) is 9.69 Å². The van der Waals surface area contributed by atoms with Gasteiger partial charge in [-0.15, -0.1) is 6.58 Å². The van der Waals surface area contributed by atoms with Crippen molar-refractivity contribution in [3.05, 3.63) is 24.8 Å². The molecule has 0 radical (unpaired) electrons. The highest BCUT2D eigenvalue weighted by Crippen LogP contribution is 2.04. The zero-order chi connectivity index (χ0) is 17.9. The van der Waals surface area contributed by atoms with Crippen molar-refractivity contribution in [1.82, 2.24) is 10.2 Å². The fourth-order valence-electron chi connectivity index (χ4n) is 2.51. The van der Waals surface area contributed by atoms with Crippen molar-refractivity contribution >= 4 is 5.91 Å². The van der Waals surface area contributed by atoms with Crippen molar-refractivity contribution in [2.24, 2.45) is 0 Å². The molecule has 0 aromatic carbocycles. The Balaban J connectivity index is 3.73. The molecule has 0 spiro atoms. The number of aliphatic hydroxyl groups is 1. The van der Waals surface area contributed by atoms with Gasteiger partial charge < -0.3 is 10.4 Å². The van der Waals surface area contributed by atoms with Gasteiger partial charge in [0.1, 0.15) is 0 Å². The van der Waals surface area contributed by atoms with Gasteiger partial charge in [0.2, 0.25) is 5.91 Å². The Bertz CT molecular complexity index is 330. The van der Waals surface area contributed by atoms with Crippen LogP contribution < -0.4 is 5.32 Å². The minimum atomic E-state index is 0.0797. The quantitative estimate of drug-likeness (QED) is 0.314. The SMILES string of the molecule is C=CCCCCCCN(CCO)CCNC(=O)C/C=C/CCCC. The average molecular weight is 339 g/mol. The third kappa shape index (κ3) is 15.8. The highest BCUT2D eigenvalue weighted by Gasteiger charge is 2.05. The third-order valence-corrected chi connectivity index (χ3v) is 3.99. The summed E-state index contributed by atoms with van der Waals surface area (Å²) in [4.78, 5) is 14.0. The van der Waals surface area contributed by atoms with Crippen molar-refractivity contribution in [1.29, 1.82) is 0 Å². The molecule has 0 bridgehead atoms. The molecule has 4 heteroatoms. The van der Waals surface area contributed by atoms with E-state index in [-0.39, 0.29) is 12.5 Å². The number of rotatable bonds is 17. The van der Waals surface area contributed by atoms with Crippen LogP contribution in [0, 0.1) is 0 Å². The number of hydrogen-bond donors (Lipinski definition) is 2. The standard InChI is InChI=1S/C20H38N2O2/c1-3-5-7-9-11-13-16-22(18-19-23)17-15-21-20(24)14-12-10-8-6-4-2/h3,10,12,23H,1,4-9,11,13-19H2,2H3,(H,21,24)/b12-10+. The molecule has 140 valence electrons. The zero-order valence-corrected chi connectivity index (χ0v) is 15.6. The summed E-state index contributed by atoms with van der Waals surface area (Å²) in [6, 6.07) is 0. The highest BCUT2D eigenvalue weighted by molar-refractivity contribution is 5.77. The molecule has 0 rings (SSSR count). The first-order valence-corrected chi connectivity index (χ1v) is 9.60. The van der Waals surface area contributed by atoms with E-state index >= 15 is 0 Å². The van der Waals surface area contributed by atoms with Crippen molar-refractivity contribution in [3.8, 4) is 0 Å². The lowest BCUT2D eigenvalue weighted by atomic mass is 10.1. The molecule has 0 aromatic rings. The van der Waals surface area contributed by atoms with Crippen LogP contribution in [0.25, 0.3) is 0 Å². The molecule has 0 unspecified atom stereocenters. The third-order valence-electron chi connectivity index (χ3n) is 3.99. The first-order chi connectivity index (χ1) is 11.7.